The van der Waals surface area contributed by atoms with Gasteiger partial charge in [-0.3, -0.25) is 0 Å². The zero-order chi connectivity index (χ0) is 12.5. The Hall–Kier alpha value is -0.500. The topological polar surface area (TPSA) is 49.4 Å². The Morgan fingerprint density at radius 1 is 1.29 bits per heavy atom. The van der Waals surface area contributed by atoms with Crippen LogP contribution in [0.4, 0.5) is 4.39 Å². The lowest BCUT2D eigenvalue weighted by atomic mass is 10.3. The van der Waals surface area contributed by atoms with Gasteiger partial charge < -0.3 is 5.32 Å². The lowest BCUT2D eigenvalue weighted by Crippen LogP contribution is -2.46. The summed E-state index contributed by atoms with van der Waals surface area (Å²) < 4.78 is 39.8. The van der Waals surface area contributed by atoms with Crippen molar-refractivity contribution in [3.63, 3.8) is 0 Å². The van der Waals surface area contributed by atoms with Crippen LogP contribution in [-0.2, 0) is 10.0 Å². The van der Waals surface area contributed by atoms with Crippen LogP contribution in [0.3, 0.4) is 0 Å². The third-order valence-corrected chi connectivity index (χ3v) is 4.99. The maximum Gasteiger partial charge on any atom is 0.246 e. The van der Waals surface area contributed by atoms with Crippen LogP contribution in [0, 0.1) is 5.82 Å². The van der Waals surface area contributed by atoms with Gasteiger partial charge in [0.05, 0.1) is 0 Å². The number of nitrogens with one attached hydrogen (secondary N) is 1. The highest BCUT2D eigenvalue weighted by atomic mass is 79.9. The SMILES string of the molecule is O=S(=O)(c1cc(Br)ccc1F)N1CCNCC1. The maximum absolute atomic E-state index is 13.6. The summed E-state index contributed by atoms with van der Waals surface area (Å²) in [5.41, 5.74) is 0. The van der Waals surface area contributed by atoms with Crippen LogP contribution in [0.15, 0.2) is 27.6 Å². The van der Waals surface area contributed by atoms with Gasteiger partial charge in [-0.2, -0.15) is 4.31 Å². The number of hydrogen-bond acceptors (Lipinski definition) is 3. The van der Waals surface area contributed by atoms with E-state index in [0.29, 0.717) is 30.7 Å². The Morgan fingerprint density at radius 2 is 1.94 bits per heavy atom. The lowest BCUT2D eigenvalue weighted by molar-refractivity contribution is 0.358. The van der Waals surface area contributed by atoms with Gasteiger partial charge in [-0.25, -0.2) is 12.8 Å². The molecule has 0 radical (unpaired) electrons. The van der Waals surface area contributed by atoms with E-state index in [0.717, 1.165) is 6.07 Å². The second kappa shape index (κ2) is 5.01. The average Bonchev–Trinajstić information content (AvgIpc) is 2.33. The third-order valence-electron chi connectivity index (χ3n) is 2.59. The van der Waals surface area contributed by atoms with Crippen molar-refractivity contribution in [2.45, 2.75) is 4.90 Å². The van der Waals surface area contributed by atoms with E-state index in [2.05, 4.69) is 21.2 Å². The number of nitrogens with zero attached hydrogens (tertiary/aromatic N) is 1. The minimum absolute atomic E-state index is 0.270. The van der Waals surface area contributed by atoms with Gasteiger partial charge in [0.15, 0.2) is 0 Å². The molecule has 4 nitrogen and oxygen atoms in total. The standard InChI is InChI=1S/C10H12BrFN2O2S/c11-8-1-2-9(12)10(7-8)17(15,16)14-5-3-13-4-6-14/h1-2,7,13H,3-6H2. The molecule has 2 rings (SSSR count). The summed E-state index contributed by atoms with van der Waals surface area (Å²) in [4.78, 5) is -0.270. The number of hydrogen-bond donors (Lipinski definition) is 1. The van der Waals surface area contributed by atoms with E-state index in [-0.39, 0.29) is 4.90 Å². The second-order valence-electron chi connectivity index (χ2n) is 3.73. The first kappa shape index (κ1) is 12.9. The first-order valence-electron chi connectivity index (χ1n) is 5.18. The lowest BCUT2D eigenvalue weighted by Gasteiger charge is -2.26. The van der Waals surface area contributed by atoms with Crippen molar-refractivity contribution in [1.29, 1.82) is 0 Å². The van der Waals surface area contributed by atoms with E-state index >= 15 is 0 Å². The van der Waals surface area contributed by atoms with Crippen molar-refractivity contribution in [1.82, 2.24) is 9.62 Å². The molecule has 1 aromatic rings. The first-order chi connectivity index (χ1) is 8.01. The Labute approximate surface area is 108 Å². The molecule has 0 amide bonds. The van der Waals surface area contributed by atoms with Crippen molar-refractivity contribution < 1.29 is 12.8 Å². The molecule has 1 heterocycles. The van der Waals surface area contributed by atoms with E-state index in [1.54, 1.807) is 0 Å². The summed E-state index contributed by atoms with van der Waals surface area (Å²) >= 11 is 3.15. The minimum Gasteiger partial charge on any atom is -0.314 e. The summed E-state index contributed by atoms with van der Waals surface area (Å²) in [5, 5.41) is 3.06. The Balaban J connectivity index is 2.40. The normalized spacial score (nSPS) is 18.2. The molecule has 0 unspecified atom stereocenters. The van der Waals surface area contributed by atoms with Gasteiger partial charge in [0.2, 0.25) is 10.0 Å². The zero-order valence-electron chi connectivity index (χ0n) is 8.99. The van der Waals surface area contributed by atoms with E-state index in [4.69, 9.17) is 0 Å². The van der Waals surface area contributed by atoms with E-state index in [9.17, 15) is 12.8 Å². The van der Waals surface area contributed by atoms with E-state index < -0.39 is 15.8 Å². The number of rotatable bonds is 2. The molecule has 1 saturated heterocycles. The molecule has 0 saturated carbocycles. The molecule has 0 aliphatic carbocycles. The van der Waals surface area contributed by atoms with Crippen LogP contribution in [0.2, 0.25) is 0 Å². The first-order valence-corrected chi connectivity index (χ1v) is 7.41. The van der Waals surface area contributed by atoms with Gasteiger partial charge in [-0.1, -0.05) is 15.9 Å². The summed E-state index contributed by atoms with van der Waals surface area (Å²) in [6, 6.07) is 3.93. The Bertz CT molecular complexity index is 515. The summed E-state index contributed by atoms with van der Waals surface area (Å²) in [5.74, 6) is -0.716. The summed E-state index contributed by atoms with van der Waals surface area (Å²) in [6.07, 6.45) is 0. The van der Waals surface area contributed by atoms with Gasteiger partial charge in [-0.15, -0.1) is 0 Å². The molecule has 1 aliphatic rings. The molecule has 0 spiro atoms. The van der Waals surface area contributed by atoms with E-state index in [1.165, 1.54) is 16.4 Å². The van der Waals surface area contributed by atoms with Gasteiger partial charge >= 0.3 is 0 Å². The smallest absolute Gasteiger partial charge is 0.246 e. The van der Waals surface area contributed by atoms with Crippen LogP contribution in [0.5, 0.6) is 0 Å². The minimum atomic E-state index is -3.73. The molecular weight excluding hydrogens is 311 g/mol. The van der Waals surface area contributed by atoms with Crippen LogP contribution in [0.1, 0.15) is 0 Å². The van der Waals surface area contributed by atoms with Crippen LogP contribution in [-0.4, -0.2) is 38.9 Å². The van der Waals surface area contributed by atoms with Crippen LogP contribution < -0.4 is 5.32 Å². The van der Waals surface area contributed by atoms with Crippen molar-refractivity contribution in [3.05, 3.63) is 28.5 Å². The Kier molecular flexibility index (Phi) is 3.82. The van der Waals surface area contributed by atoms with Gasteiger partial charge in [0.25, 0.3) is 0 Å². The summed E-state index contributed by atoms with van der Waals surface area (Å²) in [7, 11) is -3.73. The molecule has 7 heteroatoms. The number of halogens is 2. The molecule has 17 heavy (non-hydrogen) atoms. The highest BCUT2D eigenvalue weighted by molar-refractivity contribution is 9.10. The fourth-order valence-corrected chi connectivity index (χ4v) is 3.74. The molecule has 1 aromatic carbocycles. The molecule has 1 fully saturated rings. The van der Waals surface area contributed by atoms with Crippen LogP contribution >= 0.6 is 15.9 Å². The summed E-state index contributed by atoms with van der Waals surface area (Å²) in [6.45, 7) is 1.92. The largest absolute Gasteiger partial charge is 0.314 e. The van der Waals surface area contributed by atoms with Crippen molar-refractivity contribution in [2.24, 2.45) is 0 Å². The van der Waals surface area contributed by atoms with Crippen LogP contribution in [0.25, 0.3) is 0 Å². The highest BCUT2D eigenvalue weighted by Crippen LogP contribution is 2.23. The van der Waals surface area contributed by atoms with Crippen molar-refractivity contribution in [2.75, 3.05) is 26.2 Å². The fraction of sp³-hybridized carbons (Fsp3) is 0.400. The number of sulfonamides is 1. The van der Waals surface area contributed by atoms with Gasteiger partial charge in [0, 0.05) is 30.7 Å². The monoisotopic (exact) mass is 322 g/mol. The predicted octanol–water partition coefficient (Wildman–Crippen LogP) is 1.18. The second-order valence-corrected chi connectivity index (χ2v) is 6.55. The number of piperazine rings is 1. The van der Waals surface area contributed by atoms with Crippen molar-refractivity contribution in [3.8, 4) is 0 Å². The maximum atomic E-state index is 13.6. The third kappa shape index (κ3) is 2.67. The number of benzene rings is 1. The molecule has 94 valence electrons. The predicted molar refractivity (Wildman–Crippen MR) is 65.7 cm³/mol. The van der Waals surface area contributed by atoms with Gasteiger partial charge in [-0.05, 0) is 18.2 Å². The van der Waals surface area contributed by atoms with Gasteiger partial charge in [0.1, 0.15) is 10.7 Å². The fourth-order valence-electron chi connectivity index (χ4n) is 1.70. The quantitative estimate of drug-likeness (QED) is 0.889. The molecule has 0 atom stereocenters. The molecule has 0 bridgehead atoms. The molecule has 0 aromatic heterocycles. The van der Waals surface area contributed by atoms with Crippen molar-refractivity contribution >= 4 is 26.0 Å². The molecule has 1 aliphatic heterocycles. The molecular formula is C10H12BrFN2O2S. The zero-order valence-corrected chi connectivity index (χ0v) is 11.4. The molecule has 1 N–H and O–H groups in total. The average molecular weight is 323 g/mol. The van der Waals surface area contributed by atoms with E-state index in [1.807, 2.05) is 0 Å². The Morgan fingerprint density at radius 3 is 2.59 bits per heavy atom. The highest BCUT2D eigenvalue weighted by Gasteiger charge is 2.28.